The second kappa shape index (κ2) is 8.36. The largest absolute Gasteiger partial charge is 0.324 e. The van der Waals surface area contributed by atoms with E-state index in [1.54, 1.807) is 28.8 Å². The molecule has 0 saturated carbocycles. The van der Waals surface area contributed by atoms with E-state index in [4.69, 9.17) is 0 Å². The van der Waals surface area contributed by atoms with Crippen molar-refractivity contribution in [1.82, 2.24) is 4.90 Å². The summed E-state index contributed by atoms with van der Waals surface area (Å²) in [6, 6.07) is 13.4. The van der Waals surface area contributed by atoms with Crippen LogP contribution in [0.2, 0.25) is 0 Å². The van der Waals surface area contributed by atoms with Gasteiger partial charge >= 0.3 is 0 Å². The third-order valence-corrected chi connectivity index (χ3v) is 5.32. The van der Waals surface area contributed by atoms with Gasteiger partial charge in [0.1, 0.15) is 11.9 Å². The van der Waals surface area contributed by atoms with E-state index in [0.29, 0.717) is 18.1 Å². The normalized spacial score (nSPS) is 16.5. The van der Waals surface area contributed by atoms with Gasteiger partial charge in [-0.1, -0.05) is 24.3 Å². The lowest BCUT2D eigenvalue weighted by Crippen LogP contribution is -2.44. The van der Waals surface area contributed by atoms with Crippen LogP contribution in [-0.2, 0) is 16.0 Å². The lowest BCUT2D eigenvalue weighted by atomic mass is 10.1. The zero-order valence-corrected chi connectivity index (χ0v) is 15.4. The van der Waals surface area contributed by atoms with E-state index in [-0.39, 0.29) is 24.1 Å². The monoisotopic (exact) mass is 372 g/mol. The minimum absolute atomic E-state index is 0.0800. The number of nitrogens with one attached hydrogen (secondary N) is 1. The first-order valence-electron chi connectivity index (χ1n) is 8.52. The molecule has 1 atom stereocenters. The molecule has 0 spiro atoms. The number of halogens is 1. The van der Waals surface area contributed by atoms with Crippen LogP contribution in [0.15, 0.2) is 48.5 Å². The average Bonchev–Trinajstić information content (AvgIpc) is 3.10. The van der Waals surface area contributed by atoms with Crippen molar-refractivity contribution in [2.75, 3.05) is 16.9 Å². The summed E-state index contributed by atoms with van der Waals surface area (Å²) in [7, 11) is 0. The molecule has 1 heterocycles. The molecule has 3 rings (SSSR count). The molecule has 2 aromatic rings. The van der Waals surface area contributed by atoms with Crippen molar-refractivity contribution in [3.63, 3.8) is 0 Å². The molecule has 1 unspecified atom stereocenters. The number of anilines is 1. The minimum atomic E-state index is -0.472. The van der Waals surface area contributed by atoms with E-state index in [9.17, 15) is 14.0 Å². The number of rotatable bonds is 5. The second-order valence-corrected chi connectivity index (χ2v) is 7.37. The lowest BCUT2D eigenvalue weighted by molar-refractivity contribution is -0.136. The van der Waals surface area contributed by atoms with E-state index >= 15 is 0 Å². The molecule has 1 fully saturated rings. The van der Waals surface area contributed by atoms with E-state index < -0.39 is 6.04 Å². The Morgan fingerprint density at radius 2 is 2.04 bits per heavy atom. The van der Waals surface area contributed by atoms with Gasteiger partial charge in [0.25, 0.3) is 0 Å². The topological polar surface area (TPSA) is 49.4 Å². The quantitative estimate of drug-likeness (QED) is 0.872. The van der Waals surface area contributed by atoms with Crippen LogP contribution in [0.25, 0.3) is 0 Å². The first-order chi connectivity index (χ1) is 12.5. The summed E-state index contributed by atoms with van der Waals surface area (Å²) >= 11 is 1.57. The van der Waals surface area contributed by atoms with Crippen LogP contribution >= 0.6 is 11.8 Å². The number of benzene rings is 2. The van der Waals surface area contributed by atoms with Crippen molar-refractivity contribution >= 4 is 29.3 Å². The number of carbonyl (C=O) groups excluding carboxylic acids is 2. The fourth-order valence-electron chi connectivity index (χ4n) is 2.94. The fraction of sp³-hybridized carbons (Fsp3) is 0.300. The summed E-state index contributed by atoms with van der Waals surface area (Å²) < 4.78 is 13.2. The molecule has 136 valence electrons. The van der Waals surface area contributed by atoms with E-state index in [0.717, 1.165) is 16.8 Å². The van der Waals surface area contributed by atoms with Crippen molar-refractivity contribution in [2.24, 2.45) is 0 Å². The summed E-state index contributed by atoms with van der Waals surface area (Å²) in [5.41, 5.74) is 2.58. The van der Waals surface area contributed by atoms with Gasteiger partial charge in [-0.25, -0.2) is 4.39 Å². The zero-order valence-electron chi connectivity index (χ0n) is 14.6. The van der Waals surface area contributed by atoms with Crippen LogP contribution in [0, 0.1) is 12.7 Å². The Labute approximate surface area is 156 Å². The average molecular weight is 372 g/mol. The molecule has 1 aliphatic heterocycles. The highest BCUT2D eigenvalue weighted by Crippen LogP contribution is 2.24. The summed E-state index contributed by atoms with van der Waals surface area (Å²) in [6.45, 7) is 1.96. The first-order valence-corrected chi connectivity index (χ1v) is 9.67. The van der Waals surface area contributed by atoms with Gasteiger partial charge in [-0.05, 0) is 48.7 Å². The number of nitrogens with zero attached hydrogens (tertiary/aromatic N) is 1. The molecular formula is C20H21FN2O2S. The van der Waals surface area contributed by atoms with Crippen LogP contribution < -0.4 is 5.32 Å². The van der Waals surface area contributed by atoms with Gasteiger partial charge in [0.2, 0.25) is 11.8 Å². The smallest absolute Gasteiger partial charge is 0.248 e. The van der Waals surface area contributed by atoms with Gasteiger partial charge in [0.05, 0.1) is 5.88 Å². The van der Waals surface area contributed by atoms with Crippen LogP contribution in [0.5, 0.6) is 0 Å². The molecule has 26 heavy (non-hydrogen) atoms. The maximum Gasteiger partial charge on any atom is 0.248 e. The summed E-state index contributed by atoms with van der Waals surface area (Å²) in [4.78, 5) is 26.8. The Morgan fingerprint density at radius 1 is 1.23 bits per heavy atom. The summed E-state index contributed by atoms with van der Waals surface area (Å²) in [5.74, 6) is 0.544. The number of carbonyl (C=O) groups is 2. The highest BCUT2D eigenvalue weighted by Gasteiger charge is 2.34. The van der Waals surface area contributed by atoms with Crippen LogP contribution in [-0.4, -0.2) is 34.4 Å². The Morgan fingerprint density at radius 3 is 2.81 bits per heavy atom. The molecule has 0 bridgehead atoms. The molecule has 0 aromatic heterocycles. The number of aryl methyl sites for hydroxylation is 2. The van der Waals surface area contributed by atoms with E-state index in [1.807, 2.05) is 31.2 Å². The van der Waals surface area contributed by atoms with Gasteiger partial charge in [0, 0.05) is 17.9 Å². The highest BCUT2D eigenvalue weighted by atomic mass is 32.2. The second-order valence-electron chi connectivity index (χ2n) is 6.37. The van der Waals surface area contributed by atoms with Crippen molar-refractivity contribution in [1.29, 1.82) is 0 Å². The molecule has 1 aliphatic rings. The van der Waals surface area contributed by atoms with Crippen LogP contribution in [0.1, 0.15) is 17.5 Å². The number of thioether (sulfide) groups is 1. The third kappa shape index (κ3) is 4.64. The number of hydrogen-bond acceptors (Lipinski definition) is 3. The molecule has 1 N–H and O–H groups in total. The lowest BCUT2D eigenvalue weighted by Gasteiger charge is -2.23. The molecule has 0 radical (unpaired) electrons. The van der Waals surface area contributed by atoms with Gasteiger partial charge in [-0.3, -0.25) is 9.59 Å². The molecule has 4 nitrogen and oxygen atoms in total. The summed E-state index contributed by atoms with van der Waals surface area (Å²) in [6.07, 6.45) is 0.724. The van der Waals surface area contributed by atoms with Crippen molar-refractivity contribution in [3.8, 4) is 0 Å². The van der Waals surface area contributed by atoms with Gasteiger partial charge in [-0.15, -0.1) is 11.8 Å². The van der Waals surface area contributed by atoms with Crippen LogP contribution in [0.4, 0.5) is 10.1 Å². The zero-order chi connectivity index (χ0) is 18.5. The standard InChI is InChI=1S/C20H21FN2O2S/c1-14-4-2-7-17(10-14)22-20(25)18-12-26-13-23(18)19(24)9-8-15-5-3-6-16(21)11-15/h2-7,10-11,18H,8-9,12-13H2,1H3,(H,22,25). The van der Waals surface area contributed by atoms with Crippen LogP contribution in [0.3, 0.4) is 0 Å². The Kier molecular flexibility index (Phi) is 5.93. The van der Waals surface area contributed by atoms with E-state index in [1.165, 1.54) is 12.1 Å². The van der Waals surface area contributed by atoms with Crippen molar-refractivity contribution < 1.29 is 14.0 Å². The van der Waals surface area contributed by atoms with Gasteiger partial charge < -0.3 is 10.2 Å². The molecule has 1 saturated heterocycles. The van der Waals surface area contributed by atoms with Gasteiger partial charge in [0.15, 0.2) is 0 Å². The third-order valence-electron chi connectivity index (χ3n) is 4.31. The minimum Gasteiger partial charge on any atom is -0.324 e. The maximum absolute atomic E-state index is 13.2. The molecular weight excluding hydrogens is 351 g/mol. The highest BCUT2D eigenvalue weighted by molar-refractivity contribution is 7.99. The fourth-order valence-corrected chi connectivity index (χ4v) is 4.12. The Bertz CT molecular complexity index is 812. The Balaban J connectivity index is 1.59. The predicted octanol–water partition coefficient (Wildman–Crippen LogP) is 3.61. The number of hydrogen-bond donors (Lipinski definition) is 1. The SMILES string of the molecule is Cc1cccc(NC(=O)C2CSCN2C(=O)CCc2cccc(F)c2)c1. The van der Waals surface area contributed by atoms with Crippen molar-refractivity contribution in [3.05, 3.63) is 65.5 Å². The number of amides is 2. The van der Waals surface area contributed by atoms with E-state index in [2.05, 4.69) is 5.32 Å². The first kappa shape index (κ1) is 18.5. The molecule has 0 aliphatic carbocycles. The maximum atomic E-state index is 13.2. The van der Waals surface area contributed by atoms with Crippen molar-refractivity contribution in [2.45, 2.75) is 25.8 Å². The molecule has 2 aromatic carbocycles. The Hall–Kier alpha value is -2.34. The molecule has 2 amide bonds. The molecule has 6 heteroatoms. The summed E-state index contributed by atoms with van der Waals surface area (Å²) in [5, 5.41) is 2.90. The van der Waals surface area contributed by atoms with Gasteiger partial charge in [-0.2, -0.15) is 0 Å². The predicted molar refractivity (Wildman–Crippen MR) is 102 cm³/mol.